The van der Waals surface area contributed by atoms with Crippen LogP contribution in [0.15, 0.2) is 4.42 Å². The van der Waals surface area contributed by atoms with E-state index in [0.29, 0.717) is 5.06 Å². The Balaban J connectivity index is 2.13. The zero-order valence-electron chi connectivity index (χ0n) is 12.1. The Labute approximate surface area is 131 Å². The highest BCUT2D eigenvalue weighted by atomic mass is 19.2. The Hall–Kier alpha value is -2.17. The Bertz CT molecular complexity index is 837. The third-order valence-electron chi connectivity index (χ3n) is 3.72. The number of carbonyl (C=O) groups is 1. The van der Waals surface area contributed by atoms with Gasteiger partial charge >= 0.3 is 0 Å². The third kappa shape index (κ3) is 2.34. The van der Waals surface area contributed by atoms with Crippen LogP contribution in [-0.2, 0) is 4.84 Å². The van der Waals surface area contributed by atoms with Gasteiger partial charge in [-0.3, -0.25) is 9.63 Å². The first kappa shape index (κ1) is 16.7. The molecular formula is C14H11F4NO5. The molecule has 0 spiro atoms. The van der Waals surface area contributed by atoms with Gasteiger partial charge in [-0.15, -0.1) is 0 Å². The van der Waals surface area contributed by atoms with Gasteiger partial charge in [0.25, 0.3) is 5.91 Å². The third-order valence-corrected chi connectivity index (χ3v) is 3.72. The summed E-state index contributed by atoms with van der Waals surface area (Å²) in [6.07, 6.45) is -2.55. The van der Waals surface area contributed by atoms with E-state index < -0.39 is 71.1 Å². The minimum Gasteiger partial charge on any atom is -0.457 e. The normalized spacial score (nSPS) is 21.5. The summed E-state index contributed by atoms with van der Waals surface area (Å²) in [5.41, 5.74) is -1.51. The fraction of sp³-hybridized carbons (Fsp3) is 0.357. The molecule has 3 rings (SSSR count). The van der Waals surface area contributed by atoms with Crippen molar-refractivity contribution in [2.24, 2.45) is 0 Å². The number of nitrogens with zero attached hydrogens (tertiary/aromatic N) is 1. The zero-order chi connectivity index (χ0) is 17.8. The fourth-order valence-corrected chi connectivity index (χ4v) is 2.46. The standard InChI is InChI=1S/C14H11F4NO5/c1-4-7(14(22)19-2-5(20)6(21)3-23-19)8-9(15)10(16)11(17)12(18)13(8)24-4/h5-6,20-21H,2-3H2,1H3/t5-,6+/m1/s1. The molecule has 24 heavy (non-hydrogen) atoms. The van der Waals surface area contributed by atoms with E-state index in [2.05, 4.69) is 0 Å². The maximum atomic E-state index is 14.0. The minimum absolute atomic E-state index is 0.290. The van der Waals surface area contributed by atoms with Gasteiger partial charge in [-0.2, -0.15) is 4.39 Å². The number of carbonyl (C=O) groups excluding carboxylic acids is 1. The van der Waals surface area contributed by atoms with Crippen LogP contribution in [0.4, 0.5) is 17.6 Å². The first-order valence-electron chi connectivity index (χ1n) is 6.80. The summed E-state index contributed by atoms with van der Waals surface area (Å²) in [7, 11) is 0. The lowest BCUT2D eigenvalue weighted by Gasteiger charge is -2.32. The van der Waals surface area contributed by atoms with E-state index >= 15 is 0 Å². The van der Waals surface area contributed by atoms with Crippen LogP contribution in [0.2, 0.25) is 0 Å². The highest BCUT2D eigenvalue weighted by Crippen LogP contribution is 2.34. The zero-order valence-corrected chi connectivity index (χ0v) is 12.1. The number of furan rings is 1. The van der Waals surface area contributed by atoms with Crippen molar-refractivity contribution in [3.63, 3.8) is 0 Å². The van der Waals surface area contributed by atoms with Crippen LogP contribution in [0.1, 0.15) is 16.1 Å². The number of aliphatic hydroxyl groups excluding tert-OH is 2. The number of rotatable bonds is 1. The number of benzene rings is 1. The second-order valence-electron chi connectivity index (χ2n) is 5.29. The minimum atomic E-state index is -2.08. The van der Waals surface area contributed by atoms with Gasteiger partial charge in [0.05, 0.1) is 17.5 Å². The summed E-state index contributed by atoms with van der Waals surface area (Å²) in [5, 5.41) is 18.7. The molecule has 2 heterocycles. The largest absolute Gasteiger partial charge is 0.457 e. The van der Waals surface area contributed by atoms with Crippen LogP contribution in [0.3, 0.4) is 0 Å². The molecule has 2 atom stereocenters. The predicted octanol–water partition coefficient (Wildman–Crippen LogP) is 1.41. The lowest BCUT2D eigenvalue weighted by atomic mass is 10.1. The summed E-state index contributed by atoms with van der Waals surface area (Å²) in [5.74, 6) is -9.02. The van der Waals surface area contributed by atoms with Gasteiger partial charge in [0.2, 0.25) is 11.6 Å². The number of hydroxylamine groups is 2. The van der Waals surface area contributed by atoms with Crippen molar-refractivity contribution in [3.8, 4) is 0 Å². The number of amides is 1. The number of hydrogen-bond acceptors (Lipinski definition) is 5. The molecule has 1 aliphatic heterocycles. The van der Waals surface area contributed by atoms with Crippen molar-refractivity contribution in [1.82, 2.24) is 5.06 Å². The molecule has 0 bridgehead atoms. The smallest absolute Gasteiger partial charge is 0.281 e. The summed E-state index contributed by atoms with van der Waals surface area (Å²) in [6.45, 7) is 0.304. The van der Waals surface area contributed by atoms with Gasteiger partial charge in [-0.1, -0.05) is 0 Å². The number of hydrogen-bond donors (Lipinski definition) is 2. The van der Waals surface area contributed by atoms with Crippen LogP contribution in [0.25, 0.3) is 11.0 Å². The van der Waals surface area contributed by atoms with E-state index in [0.717, 1.165) is 0 Å². The topological polar surface area (TPSA) is 83.1 Å². The lowest BCUT2D eigenvalue weighted by molar-refractivity contribution is -0.212. The van der Waals surface area contributed by atoms with Crippen molar-refractivity contribution in [2.45, 2.75) is 19.1 Å². The molecule has 2 N–H and O–H groups in total. The summed E-state index contributed by atoms with van der Waals surface area (Å²) >= 11 is 0. The van der Waals surface area contributed by atoms with Gasteiger partial charge in [0, 0.05) is 0 Å². The maximum Gasteiger partial charge on any atom is 0.281 e. The van der Waals surface area contributed by atoms with Crippen molar-refractivity contribution < 1.29 is 41.8 Å². The van der Waals surface area contributed by atoms with Gasteiger partial charge in [0.15, 0.2) is 17.2 Å². The van der Waals surface area contributed by atoms with Crippen molar-refractivity contribution in [2.75, 3.05) is 13.2 Å². The molecule has 0 radical (unpaired) electrons. The Morgan fingerprint density at radius 2 is 1.71 bits per heavy atom. The molecule has 1 amide bonds. The number of halogens is 4. The Morgan fingerprint density at radius 1 is 1.08 bits per heavy atom. The molecular weight excluding hydrogens is 338 g/mol. The van der Waals surface area contributed by atoms with E-state index in [4.69, 9.17) is 9.25 Å². The van der Waals surface area contributed by atoms with Gasteiger partial charge < -0.3 is 14.6 Å². The quantitative estimate of drug-likeness (QED) is 0.462. The average Bonchev–Trinajstić information content (AvgIpc) is 2.90. The Kier molecular flexibility index (Phi) is 3.98. The van der Waals surface area contributed by atoms with Gasteiger partial charge in [-0.05, 0) is 6.92 Å². The van der Waals surface area contributed by atoms with Gasteiger partial charge in [0.1, 0.15) is 24.6 Å². The number of aryl methyl sites for hydroxylation is 1. The summed E-state index contributed by atoms with van der Waals surface area (Å²) in [4.78, 5) is 17.4. The van der Waals surface area contributed by atoms with E-state index in [9.17, 15) is 32.6 Å². The number of fused-ring (bicyclic) bond motifs is 1. The summed E-state index contributed by atoms with van der Waals surface area (Å²) < 4.78 is 59.4. The van der Waals surface area contributed by atoms with Crippen LogP contribution in [0.5, 0.6) is 0 Å². The second-order valence-corrected chi connectivity index (χ2v) is 5.29. The number of β-amino-alcohol motifs (C(OH)–C–C–N with tert-alkyl or cyclic N) is 1. The monoisotopic (exact) mass is 349 g/mol. The molecule has 1 saturated heterocycles. The molecule has 0 unspecified atom stereocenters. The number of aliphatic hydroxyl groups is 2. The molecule has 10 heteroatoms. The second kappa shape index (κ2) is 5.72. The van der Waals surface area contributed by atoms with E-state index in [-0.39, 0.29) is 5.76 Å². The van der Waals surface area contributed by atoms with E-state index in [1.807, 2.05) is 0 Å². The first-order valence-corrected chi connectivity index (χ1v) is 6.80. The molecule has 1 aromatic heterocycles. The average molecular weight is 349 g/mol. The maximum absolute atomic E-state index is 14.0. The SMILES string of the molecule is Cc1oc2c(F)c(F)c(F)c(F)c2c1C(=O)N1C[C@@H](O)[C@@H](O)CO1. The van der Waals surface area contributed by atoms with E-state index in [1.54, 1.807) is 0 Å². The van der Waals surface area contributed by atoms with Crippen LogP contribution >= 0.6 is 0 Å². The molecule has 130 valence electrons. The Morgan fingerprint density at radius 3 is 2.33 bits per heavy atom. The lowest BCUT2D eigenvalue weighted by Crippen LogP contribution is -2.50. The highest BCUT2D eigenvalue weighted by Gasteiger charge is 2.35. The highest BCUT2D eigenvalue weighted by molar-refractivity contribution is 6.07. The van der Waals surface area contributed by atoms with Crippen molar-refractivity contribution >= 4 is 16.9 Å². The van der Waals surface area contributed by atoms with Crippen LogP contribution < -0.4 is 0 Å². The molecule has 1 aromatic carbocycles. The van der Waals surface area contributed by atoms with E-state index in [1.165, 1.54) is 6.92 Å². The molecule has 2 aromatic rings. The molecule has 1 aliphatic rings. The molecule has 6 nitrogen and oxygen atoms in total. The fourth-order valence-electron chi connectivity index (χ4n) is 2.46. The van der Waals surface area contributed by atoms with Crippen LogP contribution in [0, 0.1) is 30.2 Å². The molecule has 1 fully saturated rings. The molecule has 0 aliphatic carbocycles. The first-order chi connectivity index (χ1) is 11.2. The van der Waals surface area contributed by atoms with Crippen LogP contribution in [-0.4, -0.2) is 46.5 Å². The van der Waals surface area contributed by atoms with Gasteiger partial charge in [-0.25, -0.2) is 18.2 Å². The molecule has 0 saturated carbocycles. The predicted molar refractivity (Wildman–Crippen MR) is 69.8 cm³/mol. The van der Waals surface area contributed by atoms with Crippen molar-refractivity contribution in [1.29, 1.82) is 0 Å². The summed E-state index contributed by atoms with van der Waals surface area (Å²) in [6, 6.07) is 0. The van der Waals surface area contributed by atoms with Crippen molar-refractivity contribution in [3.05, 3.63) is 34.6 Å².